The average molecular weight is 1000 g/mol. The van der Waals surface area contributed by atoms with E-state index in [1.807, 2.05) is 24.3 Å². The number of hydrogen-bond donors (Lipinski definition) is 5. The standard InChI is InChI=1S/C47H51F3N8O8.C5H13N/c48-47(49,50)34-26-41(61)53-27-33(34)43(62)54-36-25-31(13-14-35(36)51)30-9-6-8-29(24-30)28-57-21-19-56(20-22-57)18-17-52-39(59)12-4-2-1-3-5-23-66-38-11-7-10-32-42(38)46(65)58(45(32)64)37-15-16-40(60)55-44(37)63;1-4-6(3)5-2/h6-11,13-14,24-27,37H,1-5,12,15-23,28,51H2,(H,52,59)(H,53,61)(H,54,62)(H,55,60,63);4-5H2,1-3H3. The van der Waals surface area contributed by atoms with Crippen LogP contribution in [-0.2, 0) is 27.1 Å². The minimum Gasteiger partial charge on any atom is -0.493 e. The number of pyridine rings is 1. The van der Waals surface area contributed by atoms with Gasteiger partial charge in [-0.3, -0.25) is 53.6 Å². The number of piperazine rings is 1. The number of carbonyl (C=O) groups excluding carboxylic acids is 6. The summed E-state index contributed by atoms with van der Waals surface area (Å²) in [6, 6.07) is 16.9. The zero-order chi connectivity index (χ0) is 52.0. The van der Waals surface area contributed by atoms with Crippen LogP contribution in [0.25, 0.3) is 11.1 Å². The van der Waals surface area contributed by atoms with Crippen LogP contribution in [0.3, 0.4) is 0 Å². The third-order valence-corrected chi connectivity index (χ3v) is 13.0. The molecule has 3 aromatic carbocycles. The van der Waals surface area contributed by atoms with Gasteiger partial charge in [0.2, 0.25) is 23.3 Å². The second-order valence-electron chi connectivity index (χ2n) is 18.0. The molecule has 20 heteroatoms. The molecule has 0 radical (unpaired) electrons. The van der Waals surface area contributed by atoms with Crippen molar-refractivity contribution in [3.63, 3.8) is 0 Å². The van der Waals surface area contributed by atoms with Crippen LogP contribution < -0.4 is 32.0 Å². The fourth-order valence-electron chi connectivity index (χ4n) is 8.58. The summed E-state index contributed by atoms with van der Waals surface area (Å²) in [7, 11) is 2.11. The van der Waals surface area contributed by atoms with Crippen molar-refractivity contribution in [2.75, 3.05) is 77.1 Å². The maximum Gasteiger partial charge on any atom is 0.417 e. The highest BCUT2D eigenvalue weighted by molar-refractivity contribution is 6.24. The van der Waals surface area contributed by atoms with Crippen LogP contribution in [-0.4, -0.2) is 132 Å². The molecule has 2 saturated heterocycles. The van der Waals surface area contributed by atoms with E-state index in [-0.39, 0.29) is 47.0 Å². The molecule has 1 aromatic heterocycles. The Balaban J connectivity index is 0.00000133. The Bertz CT molecular complexity index is 2650. The first kappa shape index (κ1) is 54.4. The number of nitrogens with zero attached hydrogens (tertiary/aromatic N) is 4. The van der Waals surface area contributed by atoms with Crippen molar-refractivity contribution in [1.82, 2.24) is 35.2 Å². The van der Waals surface area contributed by atoms with Crippen LogP contribution in [0.4, 0.5) is 24.5 Å². The van der Waals surface area contributed by atoms with Gasteiger partial charge in [-0.15, -0.1) is 0 Å². The molecule has 0 aliphatic carbocycles. The van der Waals surface area contributed by atoms with Crippen LogP contribution in [0, 0.1) is 0 Å². The molecule has 17 nitrogen and oxygen atoms in total. The Morgan fingerprint density at radius 2 is 1.54 bits per heavy atom. The third-order valence-electron chi connectivity index (χ3n) is 13.0. The van der Waals surface area contributed by atoms with Crippen molar-refractivity contribution in [1.29, 1.82) is 0 Å². The van der Waals surface area contributed by atoms with E-state index in [0.717, 1.165) is 93.7 Å². The molecular weight excluding hydrogens is 936 g/mol. The Labute approximate surface area is 416 Å². The molecule has 1 atom stereocenters. The smallest absolute Gasteiger partial charge is 0.417 e. The number of anilines is 2. The largest absolute Gasteiger partial charge is 0.493 e. The van der Waals surface area contributed by atoms with Gasteiger partial charge in [0.05, 0.1) is 40.2 Å². The highest BCUT2D eigenvalue weighted by atomic mass is 19.4. The molecule has 72 heavy (non-hydrogen) atoms. The van der Waals surface area contributed by atoms with E-state index in [9.17, 15) is 46.7 Å². The predicted octanol–water partition coefficient (Wildman–Crippen LogP) is 5.91. The van der Waals surface area contributed by atoms with Crippen molar-refractivity contribution in [3.8, 4) is 16.9 Å². The lowest BCUT2D eigenvalue weighted by atomic mass is 10.0. The first-order valence-electron chi connectivity index (χ1n) is 24.4. The molecule has 3 aliphatic rings. The fraction of sp³-hybridized carbons (Fsp3) is 0.442. The lowest BCUT2D eigenvalue weighted by Crippen LogP contribution is -2.54. The van der Waals surface area contributed by atoms with Crippen LogP contribution >= 0.6 is 0 Å². The first-order valence-corrected chi connectivity index (χ1v) is 24.4. The molecule has 0 saturated carbocycles. The third kappa shape index (κ3) is 14.6. The summed E-state index contributed by atoms with van der Waals surface area (Å²) >= 11 is 0. The van der Waals surface area contributed by atoms with Crippen molar-refractivity contribution < 1.29 is 46.7 Å². The van der Waals surface area contributed by atoms with Gasteiger partial charge in [0.1, 0.15) is 11.8 Å². The molecule has 3 aliphatic heterocycles. The van der Waals surface area contributed by atoms with E-state index in [4.69, 9.17) is 10.5 Å². The average Bonchev–Trinajstić information content (AvgIpc) is 3.61. The summed E-state index contributed by atoms with van der Waals surface area (Å²) in [5.41, 5.74) is 6.20. The number of hydrogen-bond acceptors (Lipinski definition) is 12. The molecule has 2 fully saturated rings. The zero-order valence-corrected chi connectivity index (χ0v) is 41.0. The summed E-state index contributed by atoms with van der Waals surface area (Å²) in [4.78, 5) is 97.2. The second kappa shape index (κ2) is 25.5. The van der Waals surface area contributed by atoms with Crippen LogP contribution in [0.1, 0.15) is 107 Å². The molecule has 6 amide bonds. The minimum atomic E-state index is -4.91. The number of aromatic amines is 1. The summed E-state index contributed by atoms with van der Waals surface area (Å²) in [5, 5.41) is 7.68. The number of benzene rings is 3. The number of nitrogens with one attached hydrogen (secondary N) is 4. The van der Waals surface area contributed by atoms with E-state index in [1.165, 1.54) is 6.07 Å². The molecule has 1 unspecified atom stereocenters. The lowest BCUT2D eigenvalue weighted by molar-refractivity contribution is -0.138. The van der Waals surface area contributed by atoms with E-state index in [0.29, 0.717) is 44.2 Å². The van der Waals surface area contributed by atoms with E-state index >= 15 is 0 Å². The van der Waals surface area contributed by atoms with Crippen molar-refractivity contribution in [3.05, 3.63) is 111 Å². The summed E-state index contributed by atoms with van der Waals surface area (Å²) in [5.74, 6) is -3.05. The van der Waals surface area contributed by atoms with E-state index < -0.39 is 58.4 Å². The summed E-state index contributed by atoms with van der Waals surface area (Å²) < 4.78 is 46.6. The highest BCUT2D eigenvalue weighted by Crippen LogP contribution is 2.35. The number of halogens is 3. The quantitative estimate of drug-likeness (QED) is 0.0397. The Hall–Kier alpha value is -6.90. The van der Waals surface area contributed by atoms with Gasteiger partial charge < -0.3 is 31.0 Å². The number of piperidine rings is 1. The summed E-state index contributed by atoms with van der Waals surface area (Å²) in [6.45, 7) is 12.3. The topological polar surface area (TPSA) is 220 Å². The van der Waals surface area contributed by atoms with Gasteiger partial charge in [0.25, 0.3) is 17.7 Å². The molecule has 386 valence electrons. The van der Waals surface area contributed by atoms with Gasteiger partial charge >= 0.3 is 6.18 Å². The van der Waals surface area contributed by atoms with Crippen molar-refractivity contribution >= 4 is 46.8 Å². The Morgan fingerprint density at radius 3 is 2.25 bits per heavy atom. The fourth-order valence-corrected chi connectivity index (χ4v) is 8.58. The Kier molecular flexibility index (Phi) is 19.3. The molecule has 7 rings (SSSR count). The molecule has 4 heterocycles. The number of alkyl halides is 3. The molecule has 6 N–H and O–H groups in total. The number of amides is 6. The molecule has 4 aromatic rings. The highest BCUT2D eigenvalue weighted by Gasteiger charge is 2.46. The van der Waals surface area contributed by atoms with Gasteiger partial charge in [-0.1, -0.05) is 63.4 Å². The van der Waals surface area contributed by atoms with Crippen LogP contribution in [0.5, 0.6) is 5.75 Å². The zero-order valence-electron chi connectivity index (χ0n) is 41.0. The number of nitrogens with two attached hydrogens (primary N) is 1. The van der Waals surface area contributed by atoms with Crippen molar-refractivity contribution in [2.45, 2.75) is 84.0 Å². The normalized spacial score (nSPS) is 16.3. The number of imide groups is 2. The number of carbonyl (C=O) groups is 6. The van der Waals surface area contributed by atoms with E-state index in [2.05, 4.69) is 56.5 Å². The van der Waals surface area contributed by atoms with Gasteiger partial charge in [-0.2, -0.15) is 13.2 Å². The van der Waals surface area contributed by atoms with Crippen molar-refractivity contribution in [2.24, 2.45) is 0 Å². The minimum absolute atomic E-state index is 0.0142. The van der Waals surface area contributed by atoms with Gasteiger partial charge in [-0.05, 0) is 86.4 Å². The van der Waals surface area contributed by atoms with Gasteiger partial charge in [-0.25, -0.2) is 0 Å². The number of aromatic nitrogens is 1. The number of H-pyrrole nitrogens is 1. The monoisotopic (exact) mass is 999 g/mol. The lowest BCUT2D eigenvalue weighted by Gasteiger charge is -2.34. The first-order chi connectivity index (χ1) is 34.5. The second-order valence-corrected chi connectivity index (χ2v) is 18.0. The Morgan fingerprint density at radius 1 is 0.847 bits per heavy atom. The predicted molar refractivity (Wildman–Crippen MR) is 266 cm³/mol. The van der Waals surface area contributed by atoms with E-state index in [1.54, 1.807) is 30.3 Å². The van der Waals surface area contributed by atoms with Crippen LogP contribution in [0.2, 0.25) is 0 Å². The number of nitrogen functional groups attached to an aromatic ring is 1. The number of ether oxygens (including phenoxy) is 1. The SMILES string of the molecule is CCN(C)CC.Nc1ccc(-c2cccc(CN3CCN(CCNC(=O)CCCCCCCOc4cccc5c4C(=O)N(C4CCC(=O)NC4=O)C5=O)CC3)c2)cc1NC(=O)c1c[nH]c(=O)cc1C(F)(F)F. The maximum atomic E-state index is 13.6. The van der Waals surface area contributed by atoms with Crippen LogP contribution in [0.15, 0.2) is 77.7 Å². The molecule has 0 spiro atoms. The number of fused-ring (bicyclic) bond motifs is 1. The number of rotatable bonds is 20. The number of unbranched alkanes of at least 4 members (excludes halogenated alkanes) is 4. The maximum absolute atomic E-state index is 13.6. The molecular formula is C52H64F3N9O8. The van der Waals surface area contributed by atoms with Gasteiger partial charge in [0, 0.05) is 70.9 Å². The molecule has 0 bridgehead atoms. The summed E-state index contributed by atoms with van der Waals surface area (Å²) in [6.07, 6.45) is 0.483. The van der Waals surface area contributed by atoms with Gasteiger partial charge in [0.15, 0.2) is 0 Å².